The molecule has 0 spiro atoms. The summed E-state index contributed by atoms with van der Waals surface area (Å²) in [6.45, 7) is 2.27. The maximum atomic E-state index is 11.3. The third-order valence-corrected chi connectivity index (χ3v) is 4.19. The van der Waals surface area contributed by atoms with Crippen LogP contribution >= 0.6 is 0 Å². The van der Waals surface area contributed by atoms with E-state index < -0.39 is 0 Å². The van der Waals surface area contributed by atoms with Crippen LogP contribution in [0.2, 0.25) is 0 Å². The van der Waals surface area contributed by atoms with E-state index in [0.717, 1.165) is 6.42 Å². The summed E-state index contributed by atoms with van der Waals surface area (Å²) in [5.74, 6) is -0.259. The second kappa shape index (κ2) is 12.3. The summed E-state index contributed by atoms with van der Waals surface area (Å²) in [6.07, 6.45) is 14.8. The van der Waals surface area contributed by atoms with Gasteiger partial charge in [0.25, 0.3) is 0 Å². The molecular formula is C20H32O2. The Hall–Kier alpha value is -1.31. The Morgan fingerprint density at radius 1 is 0.818 bits per heavy atom. The van der Waals surface area contributed by atoms with Gasteiger partial charge in [-0.15, -0.1) is 0 Å². The zero-order chi connectivity index (χ0) is 16.0. The number of esters is 1. The van der Waals surface area contributed by atoms with Crippen LogP contribution in [0.4, 0.5) is 0 Å². The van der Waals surface area contributed by atoms with Crippen molar-refractivity contribution in [1.29, 1.82) is 0 Å². The minimum Gasteiger partial charge on any atom is -0.465 e. The molecule has 2 heteroatoms. The molecule has 0 aromatic heterocycles. The van der Waals surface area contributed by atoms with E-state index >= 15 is 0 Å². The van der Waals surface area contributed by atoms with Gasteiger partial charge in [0.15, 0.2) is 0 Å². The highest BCUT2D eigenvalue weighted by Gasteiger charge is 2.03. The molecule has 0 aliphatic carbocycles. The lowest BCUT2D eigenvalue weighted by Gasteiger charge is -2.04. The average molecular weight is 304 g/mol. The summed E-state index contributed by atoms with van der Waals surface area (Å²) in [7, 11) is 1.42. The number of benzene rings is 1. The third kappa shape index (κ3) is 8.21. The fourth-order valence-corrected chi connectivity index (χ4v) is 2.74. The monoisotopic (exact) mass is 304 g/mol. The molecule has 0 radical (unpaired) electrons. The van der Waals surface area contributed by atoms with Crippen LogP contribution < -0.4 is 0 Å². The van der Waals surface area contributed by atoms with Gasteiger partial charge in [0.2, 0.25) is 0 Å². The first-order valence-electron chi connectivity index (χ1n) is 8.95. The van der Waals surface area contributed by atoms with Crippen molar-refractivity contribution in [2.45, 2.75) is 77.6 Å². The number of aryl methyl sites for hydroxylation is 1. The number of unbranched alkanes of at least 4 members (excludes halogenated alkanes) is 9. The van der Waals surface area contributed by atoms with E-state index in [0.29, 0.717) is 5.56 Å². The molecule has 0 aliphatic rings. The summed E-state index contributed by atoms with van der Waals surface area (Å²) in [6, 6.07) is 7.80. The van der Waals surface area contributed by atoms with Gasteiger partial charge >= 0.3 is 5.97 Å². The predicted molar refractivity (Wildman–Crippen MR) is 93.3 cm³/mol. The standard InChI is InChI=1S/C20H32O2/c1-3-4-5-6-7-8-9-10-11-12-13-18-14-16-19(17-15-18)20(21)22-2/h14-17H,3-13H2,1-2H3. The molecule has 0 bridgehead atoms. The average Bonchev–Trinajstić information content (AvgIpc) is 2.56. The topological polar surface area (TPSA) is 26.3 Å². The highest BCUT2D eigenvalue weighted by atomic mass is 16.5. The number of rotatable bonds is 12. The molecule has 0 amide bonds. The largest absolute Gasteiger partial charge is 0.465 e. The van der Waals surface area contributed by atoms with E-state index in [-0.39, 0.29) is 5.97 Å². The van der Waals surface area contributed by atoms with E-state index in [9.17, 15) is 4.79 Å². The van der Waals surface area contributed by atoms with Crippen LogP contribution in [0.25, 0.3) is 0 Å². The first-order chi connectivity index (χ1) is 10.8. The number of carbonyl (C=O) groups excluding carboxylic acids is 1. The van der Waals surface area contributed by atoms with Crippen LogP contribution in [0.15, 0.2) is 24.3 Å². The minimum absolute atomic E-state index is 0.259. The van der Waals surface area contributed by atoms with Crippen LogP contribution in [0.1, 0.15) is 87.1 Å². The number of hydrogen-bond acceptors (Lipinski definition) is 2. The van der Waals surface area contributed by atoms with Crippen LogP contribution in [0.3, 0.4) is 0 Å². The summed E-state index contributed by atoms with van der Waals surface area (Å²) < 4.78 is 4.70. The molecule has 0 saturated carbocycles. The van der Waals surface area contributed by atoms with Gasteiger partial charge in [0.05, 0.1) is 12.7 Å². The van der Waals surface area contributed by atoms with Crippen molar-refractivity contribution in [3.63, 3.8) is 0 Å². The Morgan fingerprint density at radius 3 is 1.82 bits per heavy atom. The first-order valence-corrected chi connectivity index (χ1v) is 8.95. The number of methoxy groups -OCH3 is 1. The highest BCUT2D eigenvalue weighted by Crippen LogP contribution is 2.13. The normalized spacial score (nSPS) is 10.6. The van der Waals surface area contributed by atoms with Crippen LogP contribution in [0, 0.1) is 0 Å². The van der Waals surface area contributed by atoms with Crippen molar-refractivity contribution in [2.24, 2.45) is 0 Å². The van der Waals surface area contributed by atoms with Gasteiger partial charge in [0.1, 0.15) is 0 Å². The maximum absolute atomic E-state index is 11.3. The maximum Gasteiger partial charge on any atom is 0.337 e. The molecule has 0 atom stereocenters. The first kappa shape index (κ1) is 18.7. The fraction of sp³-hybridized carbons (Fsp3) is 0.650. The third-order valence-electron chi connectivity index (χ3n) is 4.19. The lowest BCUT2D eigenvalue weighted by molar-refractivity contribution is 0.0600. The zero-order valence-electron chi connectivity index (χ0n) is 14.4. The summed E-state index contributed by atoms with van der Waals surface area (Å²) in [5, 5.41) is 0. The van der Waals surface area contributed by atoms with Gasteiger partial charge in [-0.2, -0.15) is 0 Å². The Bertz CT molecular complexity index is 395. The second-order valence-electron chi connectivity index (χ2n) is 6.12. The fourth-order valence-electron chi connectivity index (χ4n) is 2.74. The van der Waals surface area contributed by atoms with Gasteiger partial charge in [-0.05, 0) is 30.5 Å². The van der Waals surface area contributed by atoms with Crippen molar-refractivity contribution >= 4 is 5.97 Å². The second-order valence-corrected chi connectivity index (χ2v) is 6.12. The van der Waals surface area contributed by atoms with Crippen LogP contribution in [-0.2, 0) is 11.2 Å². The Kier molecular flexibility index (Phi) is 10.4. The van der Waals surface area contributed by atoms with Crippen molar-refractivity contribution < 1.29 is 9.53 Å². The van der Waals surface area contributed by atoms with Crippen molar-refractivity contribution in [3.05, 3.63) is 35.4 Å². The van der Waals surface area contributed by atoms with E-state index in [1.807, 2.05) is 24.3 Å². The van der Waals surface area contributed by atoms with Crippen LogP contribution in [0.5, 0.6) is 0 Å². The Labute approximate surface area is 136 Å². The molecule has 0 aliphatic heterocycles. The predicted octanol–water partition coefficient (Wildman–Crippen LogP) is 5.94. The lowest BCUT2D eigenvalue weighted by Crippen LogP contribution is -2.00. The number of carbonyl (C=O) groups is 1. The number of hydrogen-bond donors (Lipinski definition) is 0. The summed E-state index contributed by atoms with van der Waals surface area (Å²) >= 11 is 0. The molecular weight excluding hydrogens is 272 g/mol. The van der Waals surface area contributed by atoms with E-state index in [2.05, 4.69) is 6.92 Å². The molecule has 0 unspecified atom stereocenters. The van der Waals surface area contributed by atoms with Crippen molar-refractivity contribution in [1.82, 2.24) is 0 Å². The summed E-state index contributed by atoms with van der Waals surface area (Å²) in [5.41, 5.74) is 1.95. The quantitative estimate of drug-likeness (QED) is 0.353. The molecule has 1 aromatic rings. The van der Waals surface area contributed by atoms with E-state index in [1.165, 1.54) is 76.9 Å². The van der Waals surface area contributed by atoms with Gasteiger partial charge < -0.3 is 4.74 Å². The van der Waals surface area contributed by atoms with Gasteiger partial charge in [-0.25, -0.2) is 4.79 Å². The Balaban J connectivity index is 2.01. The van der Waals surface area contributed by atoms with Crippen molar-refractivity contribution in [2.75, 3.05) is 7.11 Å². The number of ether oxygens (including phenoxy) is 1. The molecule has 0 N–H and O–H groups in total. The van der Waals surface area contributed by atoms with E-state index in [4.69, 9.17) is 4.74 Å². The SMILES string of the molecule is CCCCCCCCCCCCc1ccc(C(=O)OC)cc1. The lowest BCUT2D eigenvalue weighted by atomic mass is 10.0. The molecule has 0 saturated heterocycles. The van der Waals surface area contributed by atoms with Gasteiger partial charge in [0, 0.05) is 0 Å². The molecule has 2 nitrogen and oxygen atoms in total. The molecule has 22 heavy (non-hydrogen) atoms. The van der Waals surface area contributed by atoms with E-state index in [1.54, 1.807) is 0 Å². The van der Waals surface area contributed by atoms with Crippen molar-refractivity contribution in [3.8, 4) is 0 Å². The minimum atomic E-state index is -0.259. The highest BCUT2D eigenvalue weighted by molar-refractivity contribution is 5.89. The van der Waals surface area contributed by atoms with Gasteiger partial charge in [-0.1, -0.05) is 76.8 Å². The Morgan fingerprint density at radius 2 is 1.32 bits per heavy atom. The molecule has 0 heterocycles. The molecule has 124 valence electrons. The summed E-state index contributed by atoms with van der Waals surface area (Å²) in [4.78, 5) is 11.3. The van der Waals surface area contributed by atoms with Gasteiger partial charge in [-0.3, -0.25) is 0 Å². The molecule has 1 rings (SSSR count). The smallest absolute Gasteiger partial charge is 0.337 e. The van der Waals surface area contributed by atoms with Crippen LogP contribution in [-0.4, -0.2) is 13.1 Å². The molecule has 0 fully saturated rings. The molecule has 1 aromatic carbocycles. The zero-order valence-corrected chi connectivity index (χ0v) is 14.4.